The Balaban J connectivity index is 1.54. The molecule has 1 amide bonds. The summed E-state index contributed by atoms with van der Waals surface area (Å²) >= 11 is 0. The molecular formula is C15H20N2O4. The van der Waals surface area contributed by atoms with Crippen LogP contribution in [-0.2, 0) is 14.3 Å². The highest BCUT2D eigenvalue weighted by Gasteiger charge is 2.54. The van der Waals surface area contributed by atoms with Gasteiger partial charge in [-0.25, -0.2) is 4.98 Å². The molecule has 0 saturated carbocycles. The van der Waals surface area contributed by atoms with E-state index >= 15 is 0 Å². The van der Waals surface area contributed by atoms with Crippen LogP contribution in [0.4, 0.5) is 0 Å². The van der Waals surface area contributed by atoms with Gasteiger partial charge in [0.05, 0.1) is 19.7 Å². The van der Waals surface area contributed by atoms with Crippen molar-refractivity contribution >= 4 is 5.91 Å². The fourth-order valence-corrected chi connectivity index (χ4v) is 2.98. The van der Waals surface area contributed by atoms with E-state index in [4.69, 9.17) is 14.2 Å². The zero-order valence-electron chi connectivity index (χ0n) is 12.2. The van der Waals surface area contributed by atoms with Crippen molar-refractivity contribution in [3.63, 3.8) is 0 Å². The van der Waals surface area contributed by atoms with Crippen molar-refractivity contribution in [2.45, 2.75) is 12.0 Å². The third-order valence-electron chi connectivity index (χ3n) is 4.21. The van der Waals surface area contributed by atoms with E-state index in [-0.39, 0.29) is 18.1 Å². The molecule has 1 spiro atoms. The summed E-state index contributed by atoms with van der Waals surface area (Å²) < 4.78 is 16.5. The van der Waals surface area contributed by atoms with Crippen molar-refractivity contribution in [1.82, 2.24) is 9.88 Å². The summed E-state index contributed by atoms with van der Waals surface area (Å²) in [4.78, 5) is 17.7. The Morgan fingerprint density at radius 3 is 3.10 bits per heavy atom. The second-order valence-corrected chi connectivity index (χ2v) is 5.56. The number of amides is 1. The van der Waals surface area contributed by atoms with Gasteiger partial charge in [-0.3, -0.25) is 4.79 Å². The lowest BCUT2D eigenvalue weighted by atomic mass is 9.81. The number of aromatic nitrogens is 1. The van der Waals surface area contributed by atoms with Gasteiger partial charge in [-0.2, -0.15) is 0 Å². The van der Waals surface area contributed by atoms with E-state index in [1.54, 1.807) is 11.1 Å². The largest absolute Gasteiger partial charge is 0.477 e. The first-order valence-corrected chi connectivity index (χ1v) is 7.18. The number of hydrogen-bond acceptors (Lipinski definition) is 5. The fraction of sp³-hybridized carbons (Fsp3) is 0.600. The van der Waals surface area contributed by atoms with E-state index < -0.39 is 0 Å². The lowest BCUT2D eigenvalue weighted by molar-refractivity contribution is -0.169. The van der Waals surface area contributed by atoms with Crippen LogP contribution >= 0.6 is 0 Å². The van der Waals surface area contributed by atoms with Crippen LogP contribution in [-0.4, -0.2) is 61.4 Å². The minimum absolute atomic E-state index is 0.0167. The number of nitrogens with zero attached hydrogens (tertiary/aromatic N) is 2. The van der Waals surface area contributed by atoms with Crippen LogP contribution in [0.3, 0.4) is 0 Å². The van der Waals surface area contributed by atoms with Gasteiger partial charge in [-0.15, -0.1) is 0 Å². The van der Waals surface area contributed by atoms with E-state index in [0.29, 0.717) is 31.5 Å². The minimum atomic E-state index is -0.238. The summed E-state index contributed by atoms with van der Waals surface area (Å²) in [5.74, 6) is 0.945. The number of methoxy groups -OCH3 is 1. The molecule has 1 aromatic heterocycles. The van der Waals surface area contributed by atoms with Gasteiger partial charge in [-0.05, 0) is 12.5 Å². The normalized spacial score (nSPS) is 23.1. The molecule has 0 aromatic carbocycles. The van der Waals surface area contributed by atoms with E-state index in [1.165, 1.54) is 7.11 Å². The Morgan fingerprint density at radius 1 is 1.52 bits per heavy atom. The van der Waals surface area contributed by atoms with Gasteiger partial charge in [0.1, 0.15) is 12.2 Å². The molecule has 0 unspecified atom stereocenters. The highest BCUT2D eigenvalue weighted by Crippen LogP contribution is 2.40. The predicted octanol–water partition coefficient (Wildman–Crippen LogP) is 0.724. The second-order valence-electron chi connectivity index (χ2n) is 5.56. The van der Waals surface area contributed by atoms with Crippen molar-refractivity contribution in [2.24, 2.45) is 5.92 Å². The van der Waals surface area contributed by atoms with E-state index in [0.717, 1.165) is 13.0 Å². The highest BCUT2D eigenvalue weighted by molar-refractivity contribution is 5.78. The van der Waals surface area contributed by atoms with Crippen molar-refractivity contribution in [3.8, 4) is 5.88 Å². The number of pyridine rings is 1. The van der Waals surface area contributed by atoms with Crippen LogP contribution < -0.4 is 4.74 Å². The molecule has 2 fully saturated rings. The Labute approximate surface area is 124 Å². The number of rotatable bonds is 5. The van der Waals surface area contributed by atoms with Crippen molar-refractivity contribution in [1.29, 1.82) is 0 Å². The third kappa shape index (κ3) is 2.87. The van der Waals surface area contributed by atoms with Gasteiger partial charge < -0.3 is 19.1 Å². The Hall–Kier alpha value is -1.66. The average Bonchev–Trinajstić information content (AvgIpc) is 2.88. The molecule has 2 aliphatic rings. The molecule has 6 nitrogen and oxygen atoms in total. The first kappa shape index (κ1) is 14.3. The summed E-state index contributed by atoms with van der Waals surface area (Å²) in [6.45, 7) is 2.69. The standard InChI is InChI=1S/C15H20N2O4/c1-19-9-14(18)17-10-15(11-17)12(5-7-21-15)8-20-13-4-2-3-6-16-13/h2-4,6,12H,5,7-11H2,1H3/t12-/m0/s1. The number of carbonyl (C=O) groups is 1. The zero-order valence-corrected chi connectivity index (χ0v) is 12.2. The second kappa shape index (κ2) is 5.99. The molecule has 0 bridgehead atoms. The van der Waals surface area contributed by atoms with Crippen LogP contribution in [0, 0.1) is 5.92 Å². The Kier molecular flexibility index (Phi) is 4.07. The Bertz CT molecular complexity index is 488. The lowest BCUT2D eigenvalue weighted by Crippen LogP contribution is -2.67. The third-order valence-corrected chi connectivity index (χ3v) is 4.21. The molecule has 1 atom stereocenters. The van der Waals surface area contributed by atoms with Gasteiger partial charge >= 0.3 is 0 Å². The predicted molar refractivity (Wildman–Crippen MR) is 75.0 cm³/mol. The molecule has 0 N–H and O–H groups in total. The van der Waals surface area contributed by atoms with Gasteiger partial charge in [0.15, 0.2) is 0 Å². The highest BCUT2D eigenvalue weighted by atomic mass is 16.5. The lowest BCUT2D eigenvalue weighted by Gasteiger charge is -2.49. The van der Waals surface area contributed by atoms with Crippen LogP contribution in [0.25, 0.3) is 0 Å². The van der Waals surface area contributed by atoms with E-state index in [1.807, 2.05) is 18.2 Å². The maximum absolute atomic E-state index is 11.8. The molecule has 2 aliphatic heterocycles. The number of ether oxygens (including phenoxy) is 3. The number of carbonyl (C=O) groups excluding carboxylic acids is 1. The monoisotopic (exact) mass is 292 g/mol. The van der Waals surface area contributed by atoms with Crippen molar-refractivity contribution < 1.29 is 19.0 Å². The van der Waals surface area contributed by atoms with Crippen molar-refractivity contribution in [2.75, 3.05) is 40.0 Å². The fourth-order valence-electron chi connectivity index (χ4n) is 2.98. The maximum Gasteiger partial charge on any atom is 0.248 e. The molecule has 3 rings (SSSR count). The maximum atomic E-state index is 11.8. The first-order valence-electron chi connectivity index (χ1n) is 7.18. The van der Waals surface area contributed by atoms with Gasteiger partial charge in [-0.1, -0.05) is 6.07 Å². The van der Waals surface area contributed by atoms with Gasteiger partial charge in [0.2, 0.25) is 11.8 Å². The first-order chi connectivity index (χ1) is 10.2. The van der Waals surface area contributed by atoms with Gasteiger partial charge in [0, 0.05) is 31.9 Å². The number of likely N-dealkylation sites (tertiary alicyclic amines) is 1. The molecule has 3 heterocycles. The van der Waals surface area contributed by atoms with Crippen LogP contribution in [0.5, 0.6) is 5.88 Å². The number of hydrogen-bond donors (Lipinski definition) is 0. The summed E-state index contributed by atoms with van der Waals surface area (Å²) in [6, 6.07) is 5.60. The Morgan fingerprint density at radius 2 is 2.38 bits per heavy atom. The van der Waals surface area contributed by atoms with Gasteiger partial charge in [0.25, 0.3) is 0 Å². The van der Waals surface area contributed by atoms with Crippen molar-refractivity contribution in [3.05, 3.63) is 24.4 Å². The molecule has 2 saturated heterocycles. The topological polar surface area (TPSA) is 60.9 Å². The average molecular weight is 292 g/mol. The molecule has 114 valence electrons. The van der Waals surface area contributed by atoms with E-state index in [9.17, 15) is 4.79 Å². The van der Waals surface area contributed by atoms with E-state index in [2.05, 4.69) is 4.98 Å². The zero-order chi connectivity index (χ0) is 14.7. The minimum Gasteiger partial charge on any atom is -0.477 e. The van der Waals surface area contributed by atoms with Crippen LogP contribution in [0.15, 0.2) is 24.4 Å². The summed E-state index contributed by atoms with van der Waals surface area (Å²) in [5.41, 5.74) is -0.238. The summed E-state index contributed by atoms with van der Waals surface area (Å²) in [6.07, 6.45) is 2.67. The molecular weight excluding hydrogens is 272 g/mol. The molecule has 21 heavy (non-hydrogen) atoms. The quantitative estimate of drug-likeness (QED) is 0.800. The molecule has 1 aromatic rings. The summed E-state index contributed by atoms with van der Waals surface area (Å²) in [7, 11) is 1.53. The molecule has 0 radical (unpaired) electrons. The summed E-state index contributed by atoms with van der Waals surface area (Å²) in [5, 5.41) is 0. The molecule has 0 aliphatic carbocycles. The SMILES string of the molecule is COCC(=O)N1CC2(C1)OCC[C@H]2COc1ccccn1. The smallest absolute Gasteiger partial charge is 0.248 e. The van der Waals surface area contributed by atoms with Crippen LogP contribution in [0.1, 0.15) is 6.42 Å². The molecule has 6 heteroatoms. The van der Waals surface area contributed by atoms with Crippen LogP contribution in [0.2, 0.25) is 0 Å².